The van der Waals surface area contributed by atoms with Crippen LogP contribution in [0, 0.1) is 5.82 Å². The Morgan fingerprint density at radius 2 is 1.86 bits per heavy atom. The zero-order valence-electron chi connectivity index (χ0n) is 12.4. The molecular formula is C18H20FN3. The number of nitrogens with one attached hydrogen (secondary N) is 1. The van der Waals surface area contributed by atoms with Gasteiger partial charge in [-0.3, -0.25) is 4.99 Å². The van der Waals surface area contributed by atoms with Crippen LogP contribution in [-0.4, -0.2) is 18.5 Å². The van der Waals surface area contributed by atoms with Gasteiger partial charge >= 0.3 is 0 Å². The molecule has 3 nitrogen and oxygen atoms in total. The highest BCUT2D eigenvalue weighted by Crippen LogP contribution is 2.41. The van der Waals surface area contributed by atoms with Crippen LogP contribution in [0.1, 0.15) is 23.5 Å². The molecule has 1 fully saturated rings. The maximum Gasteiger partial charge on any atom is 0.188 e. The average molecular weight is 297 g/mol. The van der Waals surface area contributed by atoms with Gasteiger partial charge in [-0.25, -0.2) is 4.39 Å². The summed E-state index contributed by atoms with van der Waals surface area (Å²) in [7, 11) is 0. The Labute approximate surface area is 130 Å². The molecule has 0 amide bonds. The minimum absolute atomic E-state index is 0.142. The molecule has 0 aromatic heterocycles. The second kappa shape index (κ2) is 6.60. The molecule has 1 saturated carbocycles. The molecule has 3 N–H and O–H groups in total. The maximum absolute atomic E-state index is 13.7. The van der Waals surface area contributed by atoms with E-state index >= 15 is 0 Å². The van der Waals surface area contributed by atoms with Crippen molar-refractivity contribution >= 4 is 5.96 Å². The third-order valence-corrected chi connectivity index (χ3v) is 3.95. The smallest absolute Gasteiger partial charge is 0.188 e. The number of benzene rings is 2. The number of halogens is 1. The fourth-order valence-corrected chi connectivity index (χ4v) is 2.66. The zero-order valence-corrected chi connectivity index (χ0v) is 12.4. The Morgan fingerprint density at radius 1 is 1.14 bits per heavy atom. The molecule has 0 spiro atoms. The van der Waals surface area contributed by atoms with Gasteiger partial charge in [0.05, 0.1) is 0 Å². The van der Waals surface area contributed by atoms with E-state index in [-0.39, 0.29) is 17.8 Å². The van der Waals surface area contributed by atoms with Crippen LogP contribution >= 0.6 is 0 Å². The van der Waals surface area contributed by atoms with Crippen LogP contribution in [-0.2, 0) is 6.42 Å². The van der Waals surface area contributed by atoms with Gasteiger partial charge in [-0.15, -0.1) is 0 Å². The molecule has 22 heavy (non-hydrogen) atoms. The molecule has 1 aliphatic carbocycles. The highest BCUT2D eigenvalue weighted by atomic mass is 19.1. The van der Waals surface area contributed by atoms with E-state index < -0.39 is 0 Å². The highest BCUT2D eigenvalue weighted by molar-refractivity contribution is 5.78. The Morgan fingerprint density at radius 3 is 2.64 bits per heavy atom. The van der Waals surface area contributed by atoms with Crippen molar-refractivity contribution in [1.82, 2.24) is 5.32 Å². The van der Waals surface area contributed by atoms with Crippen molar-refractivity contribution in [2.24, 2.45) is 10.7 Å². The molecule has 3 rings (SSSR count). The lowest BCUT2D eigenvalue weighted by molar-refractivity contribution is 0.608. The molecule has 0 bridgehead atoms. The van der Waals surface area contributed by atoms with Gasteiger partial charge in [-0.05, 0) is 30.0 Å². The molecule has 0 saturated heterocycles. The zero-order chi connectivity index (χ0) is 15.4. The van der Waals surface area contributed by atoms with E-state index in [0.29, 0.717) is 12.5 Å². The first-order valence-electron chi connectivity index (χ1n) is 7.59. The lowest BCUT2D eigenvalue weighted by Crippen LogP contribution is -2.34. The van der Waals surface area contributed by atoms with Crippen LogP contribution in [0.4, 0.5) is 4.39 Å². The topological polar surface area (TPSA) is 50.4 Å². The van der Waals surface area contributed by atoms with Crippen LogP contribution in [0.2, 0.25) is 0 Å². The summed E-state index contributed by atoms with van der Waals surface area (Å²) in [5.74, 6) is 0.500. The summed E-state index contributed by atoms with van der Waals surface area (Å²) in [6, 6.07) is 17.3. The van der Waals surface area contributed by atoms with Gasteiger partial charge in [0.1, 0.15) is 5.82 Å². The van der Waals surface area contributed by atoms with Crippen molar-refractivity contribution < 1.29 is 4.39 Å². The van der Waals surface area contributed by atoms with Crippen molar-refractivity contribution in [3.8, 4) is 0 Å². The van der Waals surface area contributed by atoms with E-state index in [1.807, 2.05) is 30.3 Å². The summed E-state index contributed by atoms with van der Waals surface area (Å²) in [5, 5.41) is 3.18. The lowest BCUT2D eigenvalue weighted by Gasteiger charge is -2.06. The maximum atomic E-state index is 13.7. The average Bonchev–Trinajstić information content (AvgIpc) is 3.27. The summed E-state index contributed by atoms with van der Waals surface area (Å²) in [4.78, 5) is 4.34. The minimum atomic E-state index is -0.142. The van der Waals surface area contributed by atoms with Crippen LogP contribution in [0.15, 0.2) is 59.6 Å². The molecule has 2 aromatic carbocycles. The summed E-state index contributed by atoms with van der Waals surface area (Å²) in [6.45, 7) is 0.653. The second-order valence-corrected chi connectivity index (χ2v) is 5.62. The first-order valence-corrected chi connectivity index (χ1v) is 7.59. The standard InChI is InChI=1S/C18H20FN3/c19-16-9-5-4-8-14(16)15-12-17(15)22-18(20)21-11-10-13-6-2-1-3-7-13/h1-9,15,17H,10-12H2,(H3,20,21,22). The minimum Gasteiger partial charge on any atom is -0.370 e. The third kappa shape index (κ3) is 3.64. The monoisotopic (exact) mass is 297 g/mol. The van der Waals surface area contributed by atoms with Crippen LogP contribution in [0.3, 0.4) is 0 Å². The van der Waals surface area contributed by atoms with E-state index in [1.54, 1.807) is 6.07 Å². The van der Waals surface area contributed by atoms with Gasteiger partial charge in [-0.2, -0.15) is 0 Å². The Balaban J connectivity index is 1.48. The highest BCUT2D eigenvalue weighted by Gasteiger charge is 2.40. The number of hydrogen-bond acceptors (Lipinski definition) is 1. The predicted octanol–water partition coefficient (Wildman–Crippen LogP) is 2.83. The predicted molar refractivity (Wildman–Crippen MR) is 87.3 cm³/mol. The summed E-state index contributed by atoms with van der Waals surface area (Å²) >= 11 is 0. The van der Waals surface area contributed by atoms with Gasteiger partial charge in [0, 0.05) is 18.5 Å². The molecule has 1 aliphatic rings. The number of nitrogens with zero attached hydrogens (tertiary/aromatic N) is 1. The van der Waals surface area contributed by atoms with Crippen LogP contribution in [0.5, 0.6) is 0 Å². The van der Waals surface area contributed by atoms with Crippen LogP contribution in [0.25, 0.3) is 0 Å². The molecule has 2 atom stereocenters. The SMILES string of the molecule is NC(=NCCc1ccccc1)NC1CC1c1ccccc1F. The first-order chi connectivity index (χ1) is 10.7. The molecule has 114 valence electrons. The van der Waals surface area contributed by atoms with Crippen LogP contribution < -0.4 is 11.1 Å². The van der Waals surface area contributed by atoms with Crippen molar-refractivity contribution in [3.05, 3.63) is 71.5 Å². The van der Waals surface area contributed by atoms with Gasteiger partial charge < -0.3 is 11.1 Å². The summed E-state index contributed by atoms with van der Waals surface area (Å²) in [5.41, 5.74) is 7.91. The number of guanidine groups is 1. The van der Waals surface area contributed by atoms with E-state index in [4.69, 9.17) is 5.73 Å². The molecule has 0 radical (unpaired) electrons. The fourth-order valence-electron chi connectivity index (χ4n) is 2.66. The Hall–Kier alpha value is -2.36. The number of aliphatic imine (C=N–C) groups is 1. The molecule has 0 heterocycles. The Bertz CT molecular complexity index is 654. The van der Waals surface area contributed by atoms with Gasteiger partial charge in [0.2, 0.25) is 0 Å². The summed E-state index contributed by atoms with van der Waals surface area (Å²) in [6.07, 6.45) is 1.76. The molecule has 2 unspecified atom stereocenters. The van der Waals surface area contributed by atoms with Crippen molar-refractivity contribution in [3.63, 3.8) is 0 Å². The Kier molecular flexibility index (Phi) is 4.37. The molecule has 4 heteroatoms. The lowest BCUT2D eigenvalue weighted by atomic mass is 10.1. The number of hydrogen-bond donors (Lipinski definition) is 2. The van der Waals surface area contributed by atoms with Gasteiger partial charge in [0.15, 0.2) is 5.96 Å². The third-order valence-electron chi connectivity index (χ3n) is 3.95. The van der Waals surface area contributed by atoms with Crippen molar-refractivity contribution in [2.75, 3.05) is 6.54 Å². The molecular weight excluding hydrogens is 277 g/mol. The first kappa shape index (κ1) is 14.6. The number of rotatable bonds is 5. The molecule has 2 aromatic rings. The van der Waals surface area contributed by atoms with E-state index in [2.05, 4.69) is 22.4 Å². The van der Waals surface area contributed by atoms with E-state index in [9.17, 15) is 4.39 Å². The van der Waals surface area contributed by atoms with Crippen molar-refractivity contribution in [1.29, 1.82) is 0 Å². The van der Waals surface area contributed by atoms with Crippen molar-refractivity contribution in [2.45, 2.75) is 24.8 Å². The fraction of sp³-hybridized carbons (Fsp3) is 0.278. The quantitative estimate of drug-likeness (QED) is 0.658. The number of nitrogens with two attached hydrogens (primary N) is 1. The van der Waals surface area contributed by atoms with Gasteiger partial charge in [-0.1, -0.05) is 48.5 Å². The van der Waals surface area contributed by atoms with E-state index in [0.717, 1.165) is 18.4 Å². The largest absolute Gasteiger partial charge is 0.370 e. The second-order valence-electron chi connectivity index (χ2n) is 5.62. The summed E-state index contributed by atoms with van der Waals surface area (Å²) < 4.78 is 13.7. The molecule has 0 aliphatic heterocycles. The van der Waals surface area contributed by atoms with Gasteiger partial charge in [0.25, 0.3) is 0 Å². The van der Waals surface area contributed by atoms with E-state index in [1.165, 1.54) is 11.6 Å². The normalized spacial score (nSPS) is 20.7.